The summed E-state index contributed by atoms with van der Waals surface area (Å²) in [4.78, 5) is 0. The Morgan fingerprint density at radius 1 is 1.22 bits per heavy atom. The second kappa shape index (κ2) is 8.16. The van der Waals surface area contributed by atoms with Gasteiger partial charge >= 0.3 is 0 Å². The molecule has 1 aromatic carbocycles. The second-order valence-electron chi connectivity index (χ2n) is 3.70. The van der Waals surface area contributed by atoms with Crippen LogP contribution in [0, 0.1) is 0 Å². The molecule has 0 amide bonds. The van der Waals surface area contributed by atoms with Gasteiger partial charge in [-0.15, -0.1) is 12.4 Å². The molecule has 0 radical (unpaired) electrons. The highest BCUT2D eigenvalue weighted by atomic mass is 35.5. The first-order valence-electron chi connectivity index (χ1n) is 5.68. The van der Waals surface area contributed by atoms with Crippen LogP contribution in [-0.2, 0) is 11.3 Å². The molecule has 18 heavy (non-hydrogen) atoms. The molecule has 0 aliphatic carbocycles. The fourth-order valence-electron chi connectivity index (χ4n) is 1.59. The van der Waals surface area contributed by atoms with Gasteiger partial charge in [0.05, 0.1) is 19.8 Å². The molecule has 2 N–H and O–H groups in total. The molecule has 102 valence electrons. The van der Waals surface area contributed by atoms with Crippen LogP contribution in [0.1, 0.15) is 5.56 Å². The first kappa shape index (κ1) is 15.0. The van der Waals surface area contributed by atoms with Gasteiger partial charge in [-0.25, -0.2) is 0 Å². The zero-order valence-electron chi connectivity index (χ0n) is 10.1. The van der Waals surface area contributed by atoms with Crippen molar-refractivity contribution >= 4 is 12.4 Å². The summed E-state index contributed by atoms with van der Waals surface area (Å²) in [6, 6.07) is 5.90. The summed E-state index contributed by atoms with van der Waals surface area (Å²) < 4.78 is 15.7. The first-order chi connectivity index (χ1) is 8.40. The molecule has 0 spiro atoms. The molecule has 1 heterocycles. The maximum absolute atomic E-state index is 8.52. The Balaban J connectivity index is 0.00000162. The van der Waals surface area contributed by atoms with Crippen LogP contribution in [0.3, 0.4) is 0 Å². The van der Waals surface area contributed by atoms with Crippen LogP contribution >= 0.6 is 12.4 Å². The fraction of sp³-hybridized carbons (Fsp3) is 0.500. The zero-order valence-corrected chi connectivity index (χ0v) is 10.9. The number of halogens is 1. The monoisotopic (exact) mass is 275 g/mol. The molecule has 5 nitrogen and oxygen atoms in total. The first-order valence-corrected chi connectivity index (χ1v) is 5.68. The number of ether oxygens (including phenoxy) is 3. The highest BCUT2D eigenvalue weighted by Gasteiger charge is 2.12. The minimum atomic E-state index is 0. The van der Waals surface area contributed by atoms with E-state index in [0.29, 0.717) is 20.0 Å². The summed E-state index contributed by atoms with van der Waals surface area (Å²) in [7, 11) is 0. The van der Waals surface area contributed by atoms with Crippen LogP contribution in [0.2, 0.25) is 0 Å². The highest BCUT2D eigenvalue weighted by Crippen LogP contribution is 2.32. The minimum Gasteiger partial charge on any atom is -0.454 e. The van der Waals surface area contributed by atoms with Crippen molar-refractivity contribution in [3.05, 3.63) is 23.8 Å². The molecule has 0 saturated heterocycles. The minimum absolute atomic E-state index is 0. The third kappa shape index (κ3) is 4.34. The van der Waals surface area contributed by atoms with E-state index in [1.807, 2.05) is 18.2 Å². The van der Waals surface area contributed by atoms with Crippen molar-refractivity contribution in [1.82, 2.24) is 5.32 Å². The number of benzene rings is 1. The number of aliphatic hydroxyl groups is 1. The number of hydrogen-bond donors (Lipinski definition) is 2. The van der Waals surface area contributed by atoms with E-state index in [1.165, 1.54) is 0 Å². The van der Waals surface area contributed by atoms with Gasteiger partial charge in [0, 0.05) is 13.1 Å². The molecule has 1 aliphatic rings. The average molecular weight is 276 g/mol. The van der Waals surface area contributed by atoms with Gasteiger partial charge in [0.2, 0.25) is 6.79 Å². The van der Waals surface area contributed by atoms with Gasteiger partial charge in [-0.2, -0.15) is 0 Å². The largest absolute Gasteiger partial charge is 0.454 e. The Hall–Kier alpha value is -1.01. The van der Waals surface area contributed by atoms with Gasteiger partial charge in [0.15, 0.2) is 11.5 Å². The van der Waals surface area contributed by atoms with Crippen LogP contribution in [0.15, 0.2) is 18.2 Å². The molecule has 0 aromatic heterocycles. The standard InChI is InChI=1S/C12H17NO4.ClH/c14-4-6-15-5-3-13-8-10-1-2-11-12(7-10)17-9-16-11;/h1-2,7,13-14H,3-6,8-9H2;1H. The smallest absolute Gasteiger partial charge is 0.231 e. The molecule has 0 atom stereocenters. The summed E-state index contributed by atoms with van der Waals surface area (Å²) in [6.45, 7) is 2.90. The summed E-state index contributed by atoms with van der Waals surface area (Å²) in [5.74, 6) is 1.61. The van der Waals surface area contributed by atoms with Gasteiger partial charge in [0.25, 0.3) is 0 Å². The summed E-state index contributed by atoms with van der Waals surface area (Å²) in [6.07, 6.45) is 0. The van der Waals surface area contributed by atoms with Crippen molar-refractivity contribution in [2.45, 2.75) is 6.54 Å². The van der Waals surface area contributed by atoms with Gasteiger partial charge in [-0.05, 0) is 17.7 Å². The van der Waals surface area contributed by atoms with Crippen molar-refractivity contribution < 1.29 is 19.3 Å². The normalized spacial score (nSPS) is 12.3. The number of rotatable bonds is 7. The van der Waals surface area contributed by atoms with Crippen LogP contribution < -0.4 is 14.8 Å². The van der Waals surface area contributed by atoms with Gasteiger partial charge in [-0.3, -0.25) is 0 Å². The van der Waals surface area contributed by atoms with Gasteiger partial charge < -0.3 is 24.6 Å². The Kier molecular flexibility index (Phi) is 6.82. The SMILES string of the molecule is Cl.OCCOCCNCc1ccc2c(c1)OCO2. The highest BCUT2D eigenvalue weighted by molar-refractivity contribution is 5.85. The molecule has 1 aromatic rings. The lowest BCUT2D eigenvalue weighted by atomic mass is 10.2. The zero-order chi connectivity index (χ0) is 11.9. The van der Waals surface area contributed by atoms with E-state index < -0.39 is 0 Å². The Morgan fingerprint density at radius 3 is 2.89 bits per heavy atom. The molecule has 2 rings (SSSR count). The van der Waals surface area contributed by atoms with E-state index in [9.17, 15) is 0 Å². The van der Waals surface area contributed by atoms with E-state index in [-0.39, 0.29) is 19.0 Å². The second-order valence-corrected chi connectivity index (χ2v) is 3.70. The van der Waals surface area contributed by atoms with Crippen molar-refractivity contribution in [2.75, 3.05) is 33.2 Å². The maximum atomic E-state index is 8.52. The predicted octanol–water partition coefficient (Wildman–Crippen LogP) is 0.936. The van der Waals surface area contributed by atoms with Crippen LogP contribution in [0.4, 0.5) is 0 Å². The van der Waals surface area contributed by atoms with Crippen LogP contribution in [-0.4, -0.2) is 38.3 Å². The number of hydrogen-bond acceptors (Lipinski definition) is 5. The van der Waals surface area contributed by atoms with Gasteiger partial charge in [-0.1, -0.05) is 6.07 Å². The van der Waals surface area contributed by atoms with Crippen molar-refractivity contribution in [3.8, 4) is 11.5 Å². The van der Waals surface area contributed by atoms with Crippen LogP contribution in [0.5, 0.6) is 11.5 Å². The molecule has 1 aliphatic heterocycles. The number of fused-ring (bicyclic) bond motifs is 1. The number of nitrogens with one attached hydrogen (secondary N) is 1. The summed E-state index contributed by atoms with van der Waals surface area (Å²) >= 11 is 0. The third-order valence-electron chi connectivity index (χ3n) is 2.42. The Morgan fingerprint density at radius 2 is 2.06 bits per heavy atom. The Bertz CT molecular complexity index is 362. The summed E-state index contributed by atoms with van der Waals surface area (Å²) in [5, 5.41) is 11.8. The topological polar surface area (TPSA) is 60.0 Å². The summed E-state index contributed by atoms with van der Waals surface area (Å²) in [5.41, 5.74) is 1.15. The van der Waals surface area contributed by atoms with E-state index >= 15 is 0 Å². The predicted molar refractivity (Wildman–Crippen MR) is 69.4 cm³/mol. The number of aliphatic hydroxyl groups excluding tert-OH is 1. The average Bonchev–Trinajstić information content (AvgIpc) is 2.81. The molecule has 0 unspecified atom stereocenters. The van der Waals surface area contributed by atoms with E-state index in [4.69, 9.17) is 19.3 Å². The lowest BCUT2D eigenvalue weighted by molar-refractivity contribution is 0.0938. The molecule has 6 heteroatoms. The molecular formula is C12H18ClNO4. The molecule has 0 saturated carbocycles. The lowest BCUT2D eigenvalue weighted by Gasteiger charge is -2.06. The van der Waals surface area contributed by atoms with E-state index in [1.54, 1.807) is 0 Å². The lowest BCUT2D eigenvalue weighted by Crippen LogP contribution is -2.19. The molecule has 0 fully saturated rings. The molecule has 0 bridgehead atoms. The van der Waals surface area contributed by atoms with Crippen molar-refractivity contribution in [2.24, 2.45) is 0 Å². The fourth-order valence-corrected chi connectivity index (χ4v) is 1.59. The Labute approximate surface area is 112 Å². The molecular weight excluding hydrogens is 258 g/mol. The van der Waals surface area contributed by atoms with Crippen LogP contribution in [0.25, 0.3) is 0 Å². The quantitative estimate of drug-likeness (QED) is 0.725. The van der Waals surface area contributed by atoms with E-state index in [0.717, 1.165) is 30.2 Å². The van der Waals surface area contributed by atoms with Gasteiger partial charge in [0.1, 0.15) is 0 Å². The van der Waals surface area contributed by atoms with Crippen molar-refractivity contribution in [3.63, 3.8) is 0 Å². The van der Waals surface area contributed by atoms with Crippen molar-refractivity contribution in [1.29, 1.82) is 0 Å². The third-order valence-corrected chi connectivity index (χ3v) is 2.42. The maximum Gasteiger partial charge on any atom is 0.231 e. The van der Waals surface area contributed by atoms with E-state index in [2.05, 4.69) is 5.32 Å².